The molecule has 40 heavy (non-hydrogen) atoms. The molecule has 1 amide bonds. The normalized spacial score (nSPS) is 14.8. The number of hydrogen-bond acceptors (Lipinski definition) is 6. The lowest BCUT2D eigenvalue weighted by atomic mass is 9.98. The van der Waals surface area contributed by atoms with E-state index in [-0.39, 0.29) is 10.8 Å². The van der Waals surface area contributed by atoms with Crippen LogP contribution in [0.1, 0.15) is 22.5 Å². The zero-order valence-electron chi connectivity index (χ0n) is 21.6. The highest BCUT2D eigenvalue weighted by molar-refractivity contribution is 7.90. The van der Waals surface area contributed by atoms with E-state index in [4.69, 9.17) is 23.2 Å². The molecule has 1 aliphatic rings. The van der Waals surface area contributed by atoms with Gasteiger partial charge in [0.25, 0.3) is 5.91 Å². The van der Waals surface area contributed by atoms with Crippen molar-refractivity contribution in [2.24, 2.45) is 0 Å². The number of benzene rings is 3. The van der Waals surface area contributed by atoms with E-state index in [1.807, 2.05) is 6.20 Å². The Labute approximate surface area is 241 Å². The van der Waals surface area contributed by atoms with Crippen LogP contribution in [0.3, 0.4) is 0 Å². The van der Waals surface area contributed by atoms with Crippen molar-refractivity contribution in [3.63, 3.8) is 0 Å². The molecule has 0 radical (unpaired) electrons. The van der Waals surface area contributed by atoms with E-state index in [1.54, 1.807) is 52.0 Å². The fraction of sp³-hybridized carbons (Fsp3) is 0.250. The summed E-state index contributed by atoms with van der Waals surface area (Å²) in [5.41, 5.74) is 2.94. The largest absolute Gasteiger partial charge is 0.337 e. The van der Waals surface area contributed by atoms with Gasteiger partial charge >= 0.3 is 0 Å². The number of nitrogens with zero attached hydrogens (tertiary/aromatic N) is 5. The Morgan fingerprint density at radius 1 is 0.950 bits per heavy atom. The summed E-state index contributed by atoms with van der Waals surface area (Å²) >= 11 is 12.2. The van der Waals surface area contributed by atoms with Crippen molar-refractivity contribution in [3.8, 4) is 16.8 Å². The average Bonchev–Trinajstić information content (AvgIpc) is 3.27. The summed E-state index contributed by atoms with van der Waals surface area (Å²) in [5, 5.41) is 9.17. The van der Waals surface area contributed by atoms with Crippen molar-refractivity contribution in [1.82, 2.24) is 24.8 Å². The molecule has 3 aromatic carbocycles. The molecule has 0 atom stereocenters. The van der Waals surface area contributed by atoms with Crippen LogP contribution >= 0.6 is 23.2 Å². The van der Waals surface area contributed by atoms with Crippen molar-refractivity contribution in [1.29, 1.82) is 0 Å². The summed E-state index contributed by atoms with van der Waals surface area (Å²) in [4.78, 5) is 17.8. The van der Waals surface area contributed by atoms with Crippen LogP contribution in [-0.2, 0) is 16.4 Å². The highest BCUT2D eigenvalue weighted by atomic mass is 35.5. The molecule has 2 heterocycles. The van der Waals surface area contributed by atoms with Gasteiger partial charge < -0.3 is 4.90 Å². The topological polar surface area (TPSA) is 88.4 Å². The fourth-order valence-electron chi connectivity index (χ4n) is 4.68. The minimum Gasteiger partial charge on any atom is -0.337 e. The third-order valence-corrected chi connectivity index (χ3v) is 8.64. The second kappa shape index (κ2) is 11.7. The first-order valence-electron chi connectivity index (χ1n) is 12.6. The first-order valence-corrected chi connectivity index (χ1v) is 15.2. The van der Waals surface area contributed by atoms with Crippen molar-refractivity contribution in [3.05, 3.63) is 94.0 Å². The summed E-state index contributed by atoms with van der Waals surface area (Å²) in [7, 11) is -3.28. The van der Waals surface area contributed by atoms with Gasteiger partial charge in [0.15, 0.2) is 9.84 Å². The minimum absolute atomic E-state index is 0.175. The summed E-state index contributed by atoms with van der Waals surface area (Å²) in [6.45, 7) is 3.01. The molecular formula is C28H26Cl2FN5O3S. The van der Waals surface area contributed by atoms with Crippen LogP contribution in [0, 0.1) is 5.82 Å². The van der Waals surface area contributed by atoms with Crippen LogP contribution in [0.4, 0.5) is 4.39 Å². The van der Waals surface area contributed by atoms with E-state index in [9.17, 15) is 17.6 Å². The third-order valence-electron chi connectivity index (χ3n) is 6.77. The average molecular weight is 603 g/mol. The Morgan fingerprint density at radius 3 is 2.45 bits per heavy atom. The molecule has 0 N–H and O–H groups in total. The number of rotatable bonds is 6. The molecule has 1 saturated heterocycles. The number of carbonyl (C=O) groups is 1. The van der Waals surface area contributed by atoms with E-state index in [2.05, 4.69) is 15.2 Å². The molecule has 1 aliphatic heterocycles. The zero-order valence-corrected chi connectivity index (χ0v) is 23.9. The maximum atomic E-state index is 14.2. The molecule has 0 saturated carbocycles. The Balaban J connectivity index is 1.26. The number of amides is 1. The van der Waals surface area contributed by atoms with Crippen LogP contribution in [0.25, 0.3) is 16.8 Å². The van der Waals surface area contributed by atoms with Crippen molar-refractivity contribution in [2.45, 2.75) is 17.9 Å². The molecule has 0 aliphatic carbocycles. The number of aromatic nitrogens is 3. The molecule has 0 unspecified atom stereocenters. The predicted octanol–water partition coefficient (Wildman–Crippen LogP) is 5.13. The predicted molar refractivity (Wildman–Crippen MR) is 152 cm³/mol. The molecule has 1 aromatic heterocycles. The minimum atomic E-state index is -3.28. The van der Waals surface area contributed by atoms with Gasteiger partial charge in [-0.25, -0.2) is 17.5 Å². The number of hydrogen-bond donors (Lipinski definition) is 0. The lowest BCUT2D eigenvalue weighted by Crippen LogP contribution is -2.35. The monoisotopic (exact) mass is 601 g/mol. The molecule has 1 fully saturated rings. The summed E-state index contributed by atoms with van der Waals surface area (Å²) in [6, 6.07) is 15.6. The zero-order chi connectivity index (χ0) is 28.4. The van der Waals surface area contributed by atoms with Gasteiger partial charge in [0.2, 0.25) is 0 Å². The molecule has 0 spiro atoms. The second-order valence-corrected chi connectivity index (χ2v) is 12.5. The van der Waals surface area contributed by atoms with Crippen LogP contribution in [0.5, 0.6) is 0 Å². The summed E-state index contributed by atoms with van der Waals surface area (Å²) in [5.74, 6) is -0.620. The van der Waals surface area contributed by atoms with E-state index in [1.165, 1.54) is 24.5 Å². The lowest BCUT2D eigenvalue weighted by molar-refractivity contribution is 0.0761. The van der Waals surface area contributed by atoms with E-state index in [0.717, 1.165) is 18.7 Å². The Hall–Kier alpha value is -3.31. The maximum Gasteiger partial charge on any atom is 0.254 e. The van der Waals surface area contributed by atoms with Gasteiger partial charge in [-0.1, -0.05) is 34.5 Å². The molecule has 4 aromatic rings. The highest BCUT2D eigenvalue weighted by Crippen LogP contribution is 2.32. The molecule has 8 nitrogen and oxygen atoms in total. The summed E-state index contributed by atoms with van der Waals surface area (Å²) in [6.07, 6.45) is 3.74. The number of sulfone groups is 1. The lowest BCUT2D eigenvalue weighted by Gasteiger charge is -2.23. The molecule has 0 bridgehead atoms. The van der Waals surface area contributed by atoms with Gasteiger partial charge in [-0.3, -0.25) is 9.69 Å². The Morgan fingerprint density at radius 2 is 1.73 bits per heavy atom. The van der Waals surface area contributed by atoms with Crippen LogP contribution < -0.4 is 0 Å². The molecule has 208 valence electrons. The first kappa shape index (κ1) is 28.2. The second-order valence-electron chi connectivity index (χ2n) is 9.66. The summed E-state index contributed by atoms with van der Waals surface area (Å²) < 4.78 is 39.2. The van der Waals surface area contributed by atoms with Gasteiger partial charge in [-0.15, -0.1) is 5.10 Å². The van der Waals surface area contributed by atoms with Gasteiger partial charge in [0.05, 0.1) is 32.5 Å². The van der Waals surface area contributed by atoms with Gasteiger partial charge in [-0.05, 0) is 72.1 Å². The standard InChI is InChI=1S/C28H26Cl2FN5O3S/c1-40(38,39)23-7-5-22(6-8-23)36-18-21(32-33-36)17-34-11-2-12-35(14-13-34)28(37)24-9-4-20(31)16-25(24)19-3-10-26(29)27(30)15-19/h3-10,15-16,18H,2,11-14,17H2,1H3. The maximum absolute atomic E-state index is 14.2. The van der Waals surface area contributed by atoms with Crippen LogP contribution in [0.15, 0.2) is 71.8 Å². The number of carbonyl (C=O) groups excluding carboxylic acids is 1. The molecule has 12 heteroatoms. The van der Waals surface area contributed by atoms with E-state index < -0.39 is 15.7 Å². The fourth-order valence-corrected chi connectivity index (χ4v) is 5.61. The smallest absolute Gasteiger partial charge is 0.254 e. The van der Waals surface area contributed by atoms with Crippen molar-refractivity contribution in [2.75, 3.05) is 32.4 Å². The van der Waals surface area contributed by atoms with Crippen molar-refractivity contribution < 1.29 is 17.6 Å². The first-order chi connectivity index (χ1) is 19.1. The molecular weight excluding hydrogens is 576 g/mol. The van der Waals surface area contributed by atoms with E-state index >= 15 is 0 Å². The number of halogens is 3. The van der Waals surface area contributed by atoms with E-state index in [0.29, 0.717) is 58.6 Å². The van der Waals surface area contributed by atoms with Gasteiger partial charge in [0.1, 0.15) is 5.82 Å². The SMILES string of the molecule is CS(=O)(=O)c1ccc(-n2cc(CN3CCCN(C(=O)c4ccc(F)cc4-c4ccc(Cl)c(Cl)c4)CC3)nn2)cc1. The Kier molecular flexibility index (Phi) is 8.23. The quantitative estimate of drug-likeness (QED) is 0.304. The van der Waals surface area contributed by atoms with Crippen LogP contribution in [-0.4, -0.2) is 71.6 Å². The molecule has 5 rings (SSSR count). The Bertz CT molecular complexity index is 1660. The third kappa shape index (κ3) is 6.36. The van der Waals surface area contributed by atoms with Gasteiger partial charge in [0, 0.05) is 44.5 Å². The highest BCUT2D eigenvalue weighted by Gasteiger charge is 2.24. The van der Waals surface area contributed by atoms with Crippen LogP contribution in [0.2, 0.25) is 10.0 Å². The van der Waals surface area contributed by atoms with Crippen molar-refractivity contribution >= 4 is 38.9 Å². The van der Waals surface area contributed by atoms with Gasteiger partial charge in [-0.2, -0.15) is 0 Å².